The molecule has 0 aliphatic carbocycles. The van der Waals surface area contributed by atoms with Gasteiger partial charge in [0.2, 0.25) is 0 Å². The van der Waals surface area contributed by atoms with Crippen LogP contribution in [0.5, 0.6) is 0 Å². The molecule has 0 bridgehead atoms. The number of hydrogen-bond acceptors (Lipinski definition) is 2. The lowest BCUT2D eigenvalue weighted by molar-refractivity contribution is 0.556. The van der Waals surface area contributed by atoms with Gasteiger partial charge in [-0.15, -0.1) is 0 Å². The van der Waals surface area contributed by atoms with Crippen LogP contribution in [0, 0.1) is 11.6 Å². The van der Waals surface area contributed by atoms with Crippen LogP contribution in [0.3, 0.4) is 0 Å². The molecule has 122 valence electrons. The molecule has 0 fully saturated rings. The molecule has 0 atom stereocenters. The number of halogens is 2. The molecule has 6 heteroatoms. The molecule has 2 N–H and O–H groups in total. The van der Waals surface area contributed by atoms with E-state index in [1.165, 1.54) is 18.2 Å². The molecule has 1 aromatic heterocycles. The van der Waals surface area contributed by atoms with E-state index >= 15 is 0 Å². The Kier molecular flexibility index (Phi) is 6.47. The molecular formula is C17H20F2N4. The topological polar surface area (TPSA) is 49.3 Å². The van der Waals surface area contributed by atoms with Gasteiger partial charge in [0.15, 0.2) is 5.96 Å². The number of pyridine rings is 1. The fourth-order valence-electron chi connectivity index (χ4n) is 2.04. The third-order valence-electron chi connectivity index (χ3n) is 3.20. The minimum absolute atomic E-state index is 0.0329. The Balaban J connectivity index is 1.94. The number of nitrogens with zero attached hydrogens (tertiary/aromatic N) is 2. The lowest BCUT2D eigenvalue weighted by Gasteiger charge is -2.11. The molecule has 1 aromatic carbocycles. The van der Waals surface area contributed by atoms with Gasteiger partial charge in [0.05, 0.1) is 6.54 Å². The predicted octanol–water partition coefficient (Wildman–Crippen LogP) is 2.66. The monoisotopic (exact) mass is 318 g/mol. The van der Waals surface area contributed by atoms with E-state index in [1.807, 2.05) is 25.1 Å². The van der Waals surface area contributed by atoms with Crippen molar-refractivity contribution in [2.45, 2.75) is 19.9 Å². The van der Waals surface area contributed by atoms with Crippen LogP contribution in [0.15, 0.2) is 47.6 Å². The first-order chi connectivity index (χ1) is 11.2. The van der Waals surface area contributed by atoms with Crippen LogP contribution < -0.4 is 10.6 Å². The number of hydrogen-bond donors (Lipinski definition) is 2. The van der Waals surface area contributed by atoms with Crippen LogP contribution in [-0.4, -0.2) is 24.0 Å². The van der Waals surface area contributed by atoms with Gasteiger partial charge in [-0.1, -0.05) is 12.1 Å². The quantitative estimate of drug-likeness (QED) is 0.636. The molecule has 0 radical (unpaired) electrons. The van der Waals surface area contributed by atoms with Crippen LogP contribution in [0.25, 0.3) is 0 Å². The highest BCUT2D eigenvalue weighted by atomic mass is 19.1. The summed E-state index contributed by atoms with van der Waals surface area (Å²) in [6, 6.07) is 9.55. The van der Waals surface area contributed by atoms with E-state index in [0.717, 1.165) is 12.1 Å². The molecule has 0 saturated carbocycles. The number of aliphatic imine (C=N–C) groups is 1. The number of aromatic nitrogens is 1. The fraction of sp³-hybridized carbons (Fsp3) is 0.294. The maximum atomic E-state index is 13.6. The first-order valence-electron chi connectivity index (χ1n) is 7.55. The van der Waals surface area contributed by atoms with Gasteiger partial charge in [-0.05, 0) is 31.2 Å². The zero-order valence-corrected chi connectivity index (χ0v) is 13.0. The summed E-state index contributed by atoms with van der Waals surface area (Å²) in [6.07, 6.45) is 2.48. The summed E-state index contributed by atoms with van der Waals surface area (Å²) >= 11 is 0. The second-order valence-corrected chi connectivity index (χ2v) is 4.89. The molecule has 4 nitrogen and oxygen atoms in total. The molecule has 2 rings (SSSR count). The van der Waals surface area contributed by atoms with E-state index in [1.54, 1.807) is 6.20 Å². The average molecular weight is 318 g/mol. The molecule has 23 heavy (non-hydrogen) atoms. The standard InChI is InChI=1S/C17H20F2N4/c1-2-20-17(22-11-9-13-6-3-4-10-21-13)23-12-14-15(18)7-5-8-16(14)19/h3-8,10H,2,9,11-12H2,1H3,(H2,20,22,23). The van der Waals surface area contributed by atoms with Gasteiger partial charge in [-0.3, -0.25) is 4.98 Å². The van der Waals surface area contributed by atoms with Crippen LogP contribution in [0.1, 0.15) is 18.2 Å². The molecule has 0 spiro atoms. The van der Waals surface area contributed by atoms with Crippen molar-refractivity contribution in [3.05, 3.63) is 65.5 Å². The van der Waals surface area contributed by atoms with E-state index < -0.39 is 11.6 Å². The smallest absolute Gasteiger partial charge is 0.191 e. The molecule has 0 aliphatic heterocycles. The van der Waals surface area contributed by atoms with Gasteiger partial charge < -0.3 is 10.6 Å². The lowest BCUT2D eigenvalue weighted by atomic mass is 10.2. The Bertz CT molecular complexity index is 624. The first kappa shape index (κ1) is 16.9. The van der Waals surface area contributed by atoms with E-state index in [0.29, 0.717) is 19.0 Å². The zero-order valence-electron chi connectivity index (χ0n) is 13.0. The third-order valence-corrected chi connectivity index (χ3v) is 3.20. The fourth-order valence-corrected chi connectivity index (χ4v) is 2.04. The van der Waals surface area contributed by atoms with Crippen molar-refractivity contribution in [1.82, 2.24) is 15.6 Å². The number of rotatable bonds is 6. The van der Waals surface area contributed by atoms with Crippen molar-refractivity contribution < 1.29 is 8.78 Å². The second kappa shape index (κ2) is 8.82. The largest absolute Gasteiger partial charge is 0.357 e. The van der Waals surface area contributed by atoms with E-state index in [2.05, 4.69) is 20.6 Å². The van der Waals surface area contributed by atoms with Crippen molar-refractivity contribution in [3.63, 3.8) is 0 Å². The zero-order chi connectivity index (χ0) is 16.5. The van der Waals surface area contributed by atoms with Gasteiger partial charge in [-0.25, -0.2) is 13.8 Å². The SMILES string of the molecule is CCNC(=NCc1c(F)cccc1F)NCCc1ccccn1. The summed E-state index contributed by atoms with van der Waals surface area (Å²) in [4.78, 5) is 8.47. The molecule has 0 unspecified atom stereocenters. The number of guanidine groups is 1. The average Bonchev–Trinajstić information content (AvgIpc) is 2.55. The van der Waals surface area contributed by atoms with Crippen molar-refractivity contribution in [1.29, 1.82) is 0 Å². The van der Waals surface area contributed by atoms with Crippen LogP contribution in [-0.2, 0) is 13.0 Å². The molecule has 1 heterocycles. The highest BCUT2D eigenvalue weighted by Gasteiger charge is 2.08. The maximum absolute atomic E-state index is 13.6. The minimum Gasteiger partial charge on any atom is -0.357 e. The van der Waals surface area contributed by atoms with Crippen LogP contribution in [0.2, 0.25) is 0 Å². The molecule has 2 aromatic rings. The summed E-state index contributed by atoms with van der Waals surface area (Å²) < 4.78 is 27.2. The Morgan fingerprint density at radius 1 is 1.09 bits per heavy atom. The summed E-state index contributed by atoms with van der Waals surface area (Å²) in [5.41, 5.74) is 0.936. The van der Waals surface area contributed by atoms with Crippen LogP contribution >= 0.6 is 0 Å². The molecule has 0 saturated heterocycles. The molecule has 0 amide bonds. The highest BCUT2D eigenvalue weighted by molar-refractivity contribution is 5.79. The van der Waals surface area contributed by atoms with Crippen molar-refractivity contribution in [2.75, 3.05) is 13.1 Å². The van der Waals surface area contributed by atoms with Crippen molar-refractivity contribution >= 4 is 5.96 Å². The molecule has 0 aliphatic rings. The summed E-state index contributed by atoms with van der Waals surface area (Å²) in [5, 5.41) is 6.18. The molecular weight excluding hydrogens is 298 g/mol. The lowest BCUT2D eigenvalue weighted by Crippen LogP contribution is -2.38. The van der Waals surface area contributed by atoms with Gasteiger partial charge in [-0.2, -0.15) is 0 Å². The van der Waals surface area contributed by atoms with Crippen molar-refractivity contribution in [3.8, 4) is 0 Å². The Morgan fingerprint density at radius 3 is 2.52 bits per heavy atom. The third kappa shape index (κ3) is 5.32. The number of benzene rings is 1. The van der Waals surface area contributed by atoms with Crippen molar-refractivity contribution in [2.24, 2.45) is 4.99 Å². The van der Waals surface area contributed by atoms with Gasteiger partial charge in [0.1, 0.15) is 11.6 Å². The summed E-state index contributed by atoms with van der Waals surface area (Å²) in [5.74, 6) is -0.651. The summed E-state index contributed by atoms with van der Waals surface area (Å²) in [6.45, 7) is 3.16. The maximum Gasteiger partial charge on any atom is 0.191 e. The normalized spacial score (nSPS) is 11.3. The second-order valence-electron chi connectivity index (χ2n) is 4.89. The van der Waals surface area contributed by atoms with Gasteiger partial charge in [0.25, 0.3) is 0 Å². The Labute approximate surface area is 134 Å². The summed E-state index contributed by atoms with van der Waals surface area (Å²) in [7, 11) is 0. The van der Waals surface area contributed by atoms with Gasteiger partial charge >= 0.3 is 0 Å². The Hall–Kier alpha value is -2.50. The first-order valence-corrected chi connectivity index (χ1v) is 7.55. The highest BCUT2D eigenvalue weighted by Crippen LogP contribution is 2.12. The predicted molar refractivity (Wildman–Crippen MR) is 87.1 cm³/mol. The van der Waals surface area contributed by atoms with Gasteiger partial charge in [0, 0.05) is 37.0 Å². The number of nitrogens with one attached hydrogen (secondary N) is 2. The van der Waals surface area contributed by atoms with E-state index in [4.69, 9.17) is 0 Å². The van der Waals surface area contributed by atoms with E-state index in [9.17, 15) is 8.78 Å². The van der Waals surface area contributed by atoms with E-state index in [-0.39, 0.29) is 12.1 Å². The Morgan fingerprint density at radius 2 is 1.87 bits per heavy atom. The van der Waals surface area contributed by atoms with Crippen LogP contribution in [0.4, 0.5) is 8.78 Å². The minimum atomic E-state index is -0.585.